The first-order valence-corrected chi connectivity index (χ1v) is 5.22. The summed E-state index contributed by atoms with van der Waals surface area (Å²) in [6, 6.07) is 6.01. The second-order valence-corrected chi connectivity index (χ2v) is 3.88. The standard InChI is InChI=1S/C12H8ClN3/c1-2-7-3-4-8-9(5-7)16-12-10(8)11(13)14-6-15-12/h2-6H,1H2,(H,14,15,16). The van der Waals surface area contributed by atoms with Gasteiger partial charge in [0.05, 0.1) is 5.39 Å². The first kappa shape index (κ1) is 9.36. The number of rotatable bonds is 1. The van der Waals surface area contributed by atoms with Crippen LogP contribution < -0.4 is 0 Å². The summed E-state index contributed by atoms with van der Waals surface area (Å²) in [4.78, 5) is 11.4. The summed E-state index contributed by atoms with van der Waals surface area (Å²) in [6.07, 6.45) is 3.26. The van der Waals surface area contributed by atoms with Crippen LogP contribution >= 0.6 is 11.6 Å². The van der Waals surface area contributed by atoms with E-state index < -0.39 is 0 Å². The van der Waals surface area contributed by atoms with Crippen molar-refractivity contribution in [1.82, 2.24) is 15.0 Å². The highest BCUT2D eigenvalue weighted by atomic mass is 35.5. The topological polar surface area (TPSA) is 41.6 Å². The summed E-state index contributed by atoms with van der Waals surface area (Å²) in [5, 5.41) is 2.38. The molecule has 0 saturated heterocycles. The fraction of sp³-hybridized carbons (Fsp3) is 0. The van der Waals surface area contributed by atoms with Crippen molar-refractivity contribution >= 4 is 39.6 Å². The van der Waals surface area contributed by atoms with Gasteiger partial charge in [0.1, 0.15) is 17.1 Å². The minimum Gasteiger partial charge on any atom is -0.339 e. The predicted molar refractivity (Wildman–Crippen MR) is 66.5 cm³/mol. The summed E-state index contributed by atoms with van der Waals surface area (Å²) in [6.45, 7) is 3.74. The molecule has 0 fully saturated rings. The van der Waals surface area contributed by atoms with E-state index in [1.54, 1.807) is 6.08 Å². The number of aromatic nitrogens is 3. The van der Waals surface area contributed by atoms with Crippen molar-refractivity contribution in [2.75, 3.05) is 0 Å². The number of halogens is 1. The van der Waals surface area contributed by atoms with Gasteiger partial charge >= 0.3 is 0 Å². The van der Waals surface area contributed by atoms with Crippen LogP contribution in [0.2, 0.25) is 5.15 Å². The maximum absolute atomic E-state index is 6.06. The number of hydrogen-bond donors (Lipinski definition) is 1. The van der Waals surface area contributed by atoms with Crippen LogP contribution in [0.5, 0.6) is 0 Å². The van der Waals surface area contributed by atoms with Crippen molar-refractivity contribution < 1.29 is 0 Å². The number of H-pyrrole nitrogens is 1. The fourth-order valence-electron chi connectivity index (χ4n) is 1.84. The van der Waals surface area contributed by atoms with E-state index in [0.29, 0.717) is 5.15 Å². The molecule has 0 aliphatic rings. The van der Waals surface area contributed by atoms with Crippen LogP contribution in [0.15, 0.2) is 31.1 Å². The molecule has 0 amide bonds. The number of nitrogens with one attached hydrogen (secondary N) is 1. The number of hydrogen-bond acceptors (Lipinski definition) is 2. The van der Waals surface area contributed by atoms with E-state index in [0.717, 1.165) is 27.5 Å². The molecule has 1 aromatic carbocycles. The average Bonchev–Trinajstić information content (AvgIpc) is 2.67. The van der Waals surface area contributed by atoms with Gasteiger partial charge in [0.25, 0.3) is 0 Å². The van der Waals surface area contributed by atoms with Gasteiger partial charge in [-0.2, -0.15) is 0 Å². The van der Waals surface area contributed by atoms with Gasteiger partial charge in [-0.15, -0.1) is 0 Å². The van der Waals surface area contributed by atoms with E-state index in [1.807, 2.05) is 18.2 Å². The molecule has 0 atom stereocenters. The molecule has 2 heterocycles. The molecule has 2 aromatic heterocycles. The lowest BCUT2D eigenvalue weighted by molar-refractivity contribution is 1.21. The Balaban J connectivity index is 2.51. The lowest BCUT2D eigenvalue weighted by Crippen LogP contribution is -1.79. The Morgan fingerprint density at radius 1 is 1.31 bits per heavy atom. The van der Waals surface area contributed by atoms with E-state index in [1.165, 1.54) is 6.33 Å². The van der Waals surface area contributed by atoms with Gasteiger partial charge in [0.2, 0.25) is 0 Å². The normalized spacial score (nSPS) is 11.1. The van der Waals surface area contributed by atoms with Crippen LogP contribution in [0.4, 0.5) is 0 Å². The molecule has 3 nitrogen and oxygen atoms in total. The van der Waals surface area contributed by atoms with Gasteiger partial charge in [-0.05, 0) is 11.6 Å². The van der Waals surface area contributed by atoms with Crippen molar-refractivity contribution in [1.29, 1.82) is 0 Å². The molecule has 0 bridgehead atoms. The zero-order chi connectivity index (χ0) is 11.1. The van der Waals surface area contributed by atoms with Crippen molar-refractivity contribution in [3.8, 4) is 0 Å². The van der Waals surface area contributed by atoms with Gasteiger partial charge in [-0.25, -0.2) is 9.97 Å². The Kier molecular flexibility index (Phi) is 1.94. The molecule has 1 N–H and O–H groups in total. The van der Waals surface area contributed by atoms with Crippen LogP contribution in [0, 0.1) is 0 Å². The SMILES string of the molecule is C=Cc1ccc2c(c1)[nH]c1ncnc(Cl)c12. The first-order valence-electron chi connectivity index (χ1n) is 4.84. The maximum Gasteiger partial charge on any atom is 0.143 e. The van der Waals surface area contributed by atoms with Gasteiger partial charge in [-0.1, -0.05) is 36.4 Å². The number of fused-ring (bicyclic) bond motifs is 3. The molecule has 0 unspecified atom stereocenters. The highest BCUT2D eigenvalue weighted by molar-refractivity contribution is 6.36. The van der Waals surface area contributed by atoms with Crippen molar-refractivity contribution in [2.24, 2.45) is 0 Å². The molecule has 0 saturated carbocycles. The predicted octanol–water partition coefficient (Wildman–Crippen LogP) is 3.41. The van der Waals surface area contributed by atoms with Crippen molar-refractivity contribution in [2.45, 2.75) is 0 Å². The van der Waals surface area contributed by atoms with Crippen LogP contribution in [0.25, 0.3) is 28.0 Å². The molecule has 4 heteroatoms. The number of aromatic amines is 1. The van der Waals surface area contributed by atoms with Gasteiger partial charge < -0.3 is 4.98 Å². The minimum absolute atomic E-state index is 0.475. The summed E-state index contributed by atoms with van der Waals surface area (Å²) < 4.78 is 0. The van der Waals surface area contributed by atoms with Gasteiger partial charge in [0, 0.05) is 10.9 Å². The number of benzene rings is 1. The molecule has 0 spiro atoms. The Bertz CT molecular complexity index is 700. The Morgan fingerprint density at radius 2 is 2.19 bits per heavy atom. The second kappa shape index (κ2) is 3.32. The summed E-state index contributed by atoms with van der Waals surface area (Å²) in [7, 11) is 0. The zero-order valence-electron chi connectivity index (χ0n) is 8.37. The fourth-order valence-corrected chi connectivity index (χ4v) is 2.07. The quantitative estimate of drug-likeness (QED) is 0.650. The van der Waals surface area contributed by atoms with E-state index >= 15 is 0 Å². The Morgan fingerprint density at radius 3 is 3.00 bits per heavy atom. The van der Waals surface area contributed by atoms with E-state index in [-0.39, 0.29) is 0 Å². The lowest BCUT2D eigenvalue weighted by Gasteiger charge is -1.94. The molecule has 0 aliphatic heterocycles. The molecular formula is C12H8ClN3. The second-order valence-electron chi connectivity index (χ2n) is 3.52. The molecule has 78 valence electrons. The van der Waals surface area contributed by atoms with Crippen LogP contribution in [0.3, 0.4) is 0 Å². The minimum atomic E-state index is 0.475. The Hall–Kier alpha value is -1.87. The largest absolute Gasteiger partial charge is 0.339 e. The third-order valence-corrected chi connectivity index (χ3v) is 2.89. The molecule has 0 aliphatic carbocycles. The third kappa shape index (κ3) is 1.22. The highest BCUT2D eigenvalue weighted by Gasteiger charge is 2.09. The van der Waals surface area contributed by atoms with Crippen molar-refractivity contribution in [3.05, 3.63) is 41.8 Å². The molecule has 3 rings (SSSR count). The molecular weight excluding hydrogens is 222 g/mol. The molecule has 0 radical (unpaired) electrons. The lowest BCUT2D eigenvalue weighted by atomic mass is 10.1. The molecule has 16 heavy (non-hydrogen) atoms. The maximum atomic E-state index is 6.06. The average molecular weight is 230 g/mol. The van der Waals surface area contributed by atoms with Gasteiger partial charge in [0.15, 0.2) is 0 Å². The van der Waals surface area contributed by atoms with Gasteiger partial charge in [-0.3, -0.25) is 0 Å². The van der Waals surface area contributed by atoms with Crippen molar-refractivity contribution in [3.63, 3.8) is 0 Å². The molecule has 3 aromatic rings. The monoisotopic (exact) mass is 229 g/mol. The summed E-state index contributed by atoms with van der Waals surface area (Å²) in [5.74, 6) is 0. The van der Waals surface area contributed by atoms with Crippen LogP contribution in [-0.4, -0.2) is 15.0 Å². The summed E-state index contributed by atoms with van der Waals surface area (Å²) in [5.41, 5.74) is 2.81. The Labute approximate surface area is 96.8 Å². The van der Waals surface area contributed by atoms with Crippen LogP contribution in [0.1, 0.15) is 5.56 Å². The first-order chi connectivity index (χ1) is 7.79. The third-order valence-electron chi connectivity index (χ3n) is 2.60. The smallest absolute Gasteiger partial charge is 0.143 e. The van der Waals surface area contributed by atoms with E-state index in [2.05, 4.69) is 21.5 Å². The summed E-state index contributed by atoms with van der Waals surface area (Å²) >= 11 is 6.06. The highest BCUT2D eigenvalue weighted by Crippen LogP contribution is 2.29. The van der Waals surface area contributed by atoms with E-state index in [9.17, 15) is 0 Å². The van der Waals surface area contributed by atoms with E-state index in [4.69, 9.17) is 11.6 Å². The zero-order valence-corrected chi connectivity index (χ0v) is 9.12. The van der Waals surface area contributed by atoms with Crippen LogP contribution in [-0.2, 0) is 0 Å². The number of nitrogens with zero attached hydrogens (tertiary/aromatic N) is 2.